The first-order chi connectivity index (χ1) is 12.1. The molecule has 0 unspecified atom stereocenters. The first kappa shape index (κ1) is 17.4. The molecule has 2 aromatic carbocycles. The summed E-state index contributed by atoms with van der Waals surface area (Å²) in [6.45, 7) is 4.56. The number of carbonyl (C=O) groups excluding carboxylic acids is 1. The summed E-state index contributed by atoms with van der Waals surface area (Å²) in [6, 6.07) is 13.8. The van der Waals surface area contributed by atoms with Crippen LogP contribution in [0.4, 0.5) is 5.69 Å². The summed E-state index contributed by atoms with van der Waals surface area (Å²) in [5, 5.41) is 3.06. The zero-order valence-corrected chi connectivity index (χ0v) is 15.4. The minimum absolute atomic E-state index is 0.0165. The van der Waals surface area contributed by atoms with Gasteiger partial charge in [-0.3, -0.25) is 14.2 Å². The number of hydrogen-bond donors (Lipinski definition) is 1. The van der Waals surface area contributed by atoms with E-state index in [0.717, 1.165) is 39.9 Å². The minimum atomic E-state index is -0.0576. The summed E-state index contributed by atoms with van der Waals surface area (Å²) >= 11 is 1.22. The Morgan fingerprint density at radius 2 is 1.72 bits per heavy atom. The molecule has 0 bridgehead atoms. The molecule has 5 heteroatoms. The van der Waals surface area contributed by atoms with Crippen LogP contribution in [0.5, 0.6) is 0 Å². The Morgan fingerprint density at radius 1 is 1.04 bits per heavy atom. The smallest absolute Gasteiger partial charge is 0.308 e. The molecule has 0 fully saturated rings. The van der Waals surface area contributed by atoms with Gasteiger partial charge in [0, 0.05) is 18.7 Å². The SMILES string of the molecule is CCc1cccc(CC)c1NC(=O)CCn1c(=O)sc2ccccc21. The van der Waals surface area contributed by atoms with Gasteiger partial charge < -0.3 is 5.32 Å². The van der Waals surface area contributed by atoms with Crippen LogP contribution in [-0.2, 0) is 24.2 Å². The standard InChI is InChI=1S/C20H22N2O2S/c1-3-14-8-7-9-15(4-2)19(14)21-18(23)12-13-22-16-10-5-6-11-17(16)25-20(22)24/h5-11H,3-4,12-13H2,1-2H3,(H,21,23). The molecule has 1 heterocycles. The number of benzene rings is 2. The van der Waals surface area contributed by atoms with Gasteiger partial charge in [-0.25, -0.2) is 0 Å². The maximum Gasteiger partial charge on any atom is 0.308 e. The summed E-state index contributed by atoms with van der Waals surface area (Å²) in [7, 11) is 0. The largest absolute Gasteiger partial charge is 0.326 e. The highest BCUT2D eigenvalue weighted by Crippen LogP contribution is 2.23. The molecule has 0 atom stereocenters. The molecule has 130 valence electrons. The monoisotopic (exact) mass is 354 g/mol. The molecule has 0 radical (unpaired) electrons. The van der Waals surface area contributed by atoms with Crippen molar-refractivity contribution in [2.75, 3.05) is 5.32 Å². The molecule has 1 amide bonds. The number of hydrogen-bond acceptors (Lipinski definition) is 3. The summed E-state index contributed by atoms with van der Waals surface area (Å²) in [5.74, 6) is -0.0576. The van der Waals surface area contributed by atoms with E-state index in [1.54, 1.807) is 4.57 Å². The zero-order chi connectivity index (χ0) is 17.8. The maximum absolute atomic E-state index is 12.5. The second-order valence-electron chi connectivity index (χ2n) is 5.94. The number of para-hydroxylation sites is 2. The molecule has 3 rings (SSSR count). The number of nitrogens with zero attached hydrogens (tertiary/aromatic N) is 1. The lowest BCUT2D eigenvalue weighted by Gasteiger charge is -2.14. The molecule has 0 saturated heterocycles. The Balaban J connectivity index is 1.76. The van der Waals surface area contributed by atoms with Crippen LogP contribution in [0.1, 0.15) is 31.4 Å². The van der Waals surface area contributed by atoms with E-state index in [9.17, 15) is 9.59 Å². The molecular weight excluding hydrogens is 332 g/mol. The second kappa shape index (κ2) is 7.66. The first-order valence-electron chi connectivity index (χ1n) is 8.63. The number of fused-ring (bicyclic) bond motifs is 1. The van der Waals surface area contributed by atoms with Crippen molar-refractivity contribution in [3.63, 3.8) is 0 Å². The van der Waals surface area contributed by atoms with E-state index in [1.165, 1.54) is 11.3 Å². The van der Waals surface area contributed by atoms with Crippen LogP contribution in [0, 0.1) is 0 Å². The van der Waals surface area contributed by atoms with Gasteiger partial charge in [-0.2, -0.15) is 0 Å². The fraction of sp³-hybridized carbons (Fsp3) is 0.300. The van der Waals surface area contributed by atoms with E-state index >= 15 is 0 Å². The van der Waals surface area contributed by atoms with Gasteiger partial charge in [0.05, 0.1) is 10.2 Å². The third-order valence-electron chi connectivity index (χ3n) is 4.40. The Bertz CT molecular complexity index is 933. The molecule has 0 aliphatic carbocycles. The van der Waals surface area contributed by atoms with Crippen molar-refractivity contribution < 1.29 is 4.79 Å². The van der Waals surface area contributed by atoms with Crippen LogP contribution in [0.25, 0.3) is 10.2 Å². The van der Waals surface area contributed by atoms with Gasteiger partial charge in [0.25, 0.3) is 0 Å². The van der Waals surface area contributed by atoms with E-state index in [4.69, 9.17) is 0 Å². The summed E-state index contributed by atoms with van der Waals surface area (Å²) in [5.41, 5.74) is 4.12. The quantitative estimate of drug-likeness (QED) is 0.721. The highest BCUT2D eigenvalue weighted by Gasteiger charge is 2.12. The van der Waals surface area contributed by atoms with Crippen molar-refractivity contribution in [1.82, 2.24) is 4.57 Å². The Labute approximate surface area is 151 Å². The third-order valence-corrected chi connectivity index (χ3v) is 5.36. The average molecular weight is 354 g/mol. The number of aryl methyl sites for hydroxylation is 3. The lowest BCUT2D eigenvalue weighted by atomic mass is 10.0. The summed E-state index contributed by atoms with van der Waals surface area (Å²) in [4.78, 5) is 24.6. The number of carbonyl (C=O) groups is 1. The van der Waals surface area contributed by atoms with Gasteiger partial charge in [0.1, 0.15) is 0 Å². The number of rotatable bonds is 6. The molecule has 0 aliphatic heterocycles. The minimum Gasteiger partial charge on any atom is -0.326 e. The summed E-state index contributed by atoms with van der Waals surface area (Å²) in [6.07, 6.45) is 2.03. The van der Waals surface area contributed by atoms with E-state index in [0.29, 0.717) is 6.54 Å². The number of anilines is 1. The number of thiazole rings is 1. The summed E-state index contributed by atoms with van der Waals surface area (Å²) < 4.78 is 2.64. The van der Waals surface area contributed by atoms with Gasteiger partial charge in [-0.05, 0) is 36.1 Å². The molecule has 0 saturated carbocycles. The maximum atomic E-state index is 12.5. The van der Waals surface area contributed by atoms with E-state index in [2.05, 4.69) is 19.2 Å². The normalized spacial score (nSPS) is 11.0. The van der Waals surface area contributed by atoms with E-state index in [1.807, 2.05) is 42.5 Å². The van der Waals surface area contributed by atoms with Crippen molar-refractivity contribution in [2.45, 2.75) is 39.7 Å². The fourth-order valence-electron chi connectivity index (χ4n) is 3.04. The van der Waals surface area contributed by atoms with Crippen LogP contribution < -0.4 is 10.2 Å². The zero-order valence-electron chi connectivity index (χ0n) is 14.5. The van der Waals surface area contributed by atoms with Gasteiger partial charge in [0.2, 0.25) is 5.91 Å². The molecule has 0 aliphatic rings. The van der Waals surface area contributed by atoms with E-state index in [-0.39, 0.29) is 17.2 Å². The van der Waals surface area contributed by atoms with Gasteiger partial charge in [-0.1, -0.05) is 55.5 Å². The van der Waals surface area contributed by atoms with Gasteiger partial charge in [0.15, 0.2) is 0 Å². The first-order valence-corrected chi connectivity index (χ1v) is 9.44. The lowest BCUT2D eigenvalue weighted by Crippen LogP contribution is -2.20. The lowest BCUT2D eigenvalue weighted by molar-refractivity contribution is -0.116. The molecule has 25 heavy (non-hydrogen) atoms. The molecule has 4 nitrogen and oxygen atoms in total. The van der Waals surface area contributed by atoms with Crippen LogP contribution >= 0.6 is 11.3 Å². The molecular formula is C20H22N2O2S. The third kappa shape index (κ3) is 3.66. The Kier molecular flexibility index (Phi) is 5.34. The van der Waals surface area contributed by atoms with Crippen LogP contribution in [0.15, 0.2) is 47.3 Å². The van der Waals surface area contributed by atoms with Gasteiger partial charge >= 0.3 is 4.87 Å². The average Bonchev–Trinajstić information content (AvgIpc) is 2.95. The molecule has 1 aromatic heterocycles. The van der Waals surface area contributed by atoms with Crippen molar-refractivity contribution in [1.29, 1.82) is 0 Å². The second-order valence-corrected chi connectivity index (χ2v) is 6.94. The van der Waals surface area contributed by atoms with Crippen LogP contribution in [-0.4, -0.2) is 10.5 Å². The number of amides is 1. The van der Waals surface area contributed by atoms with Crippen molar-refractivity contribution in [3.8, 4) is 0 Å². The Morgan fingerprint density at radius 3 is 2.40 bits per heavy atom. The highest BCUT2D eigenvalue weighted by atomic mass is 32.1. The number of aromatic nitrogens is 1. The highest BCUT2D eigenvalue weighted by molar-refractivity contribution is 7.16. The Hall–Kier alpha value is -2.40. The van der Waals surface area contributed by atoms with Crippen LogP contribution in [0.3, 0.4) is 0 Å². The van der Waals surface area contributed by atoms with Crippen molar-refractivity contribution in [3.05, 3.63) is 63.3 Å². The number of nitrogens with one attached hydrogen (secondary N) is 1. The molecule has 3 aromatic rings. The predicted octanol–water partition coefficient (Wildman–Crippen LogP) is 4.22. The fourth-order valence-corrected chi connectivity index (χ4v) is 3.96. The topological polar surface area (TPSA) is 51.1 Å². The van der Waals surface area contributed by atoms with Crippen molar-refractivity contribution >= 4 is 33.1 Å². The predicted molar refractivity (Wildman–Crippen MR) is 105 cm³/mol. The van der Waals surface area contributed by atoms with Crippen LogP contribution in [0.2, 0.25) is 0 Å². The molecule has 1 N–H and O–H groups in total. The van der Waals surface area contributed by atoms with E-state index < -0.39 is 0 Å². The molecule has 0 spiro atoms. The van der Waals surface area contributed by atoms with Gasteiger partial charge in [-0.15, -0.1) is 0 Å². The van der Waals surface area contributed by atoms with Crippen molar-refractivity contribution in [2.24, 2.45) is 0 Å².